The van der Waals surface area contributed by atoms with E-state index in [2.05, 4.69) is 10.2 Å². The predicted molar refractivity (Wildman–Crippen MR) is 101 cm³/mol. The van der Waals surface area contributed by atoms with Crippen molar-refractivity contribution in [2.24, 2.45) is 7.05 Å². The van der Waals surface area contributed by atoms with Crippen molar-refractivity contribution in [1.82, 2.24) is 4.57 Å². The van der Waals surface area contributed by atoms with E-state index in [9.17, 15) is 9.59 Å². The molecular formula is C20H25N3O3. The Morgan fingerprint density at radius 1 is 1.08 bits per heavy atom. The van der Waals surface area contributed by atoms with Crippen LogP contribution in [0.25, 0.3) is 0 Å². The molecule has 1 aliphatic rings. The van der Waals surface area contributed by atoms with Crippen molar-refractivity contribution in [2.75, 3.05) is 23.3 Å². The number of carbonyl (C=O) groups is 2. The van der Waals surface area contributed by atoms with Gasteiger partial charge in [0.05, 0.1) is 0 Å². The molecule has 1 aliphatic heterocycles. The second-order valence-electron chi connectivity index (χ2n) is 6.64. The number of hydrogen-bond acceptors (Lipinski definition) is 4. The predicted octanol–water partition coefficient (Wildman–Crippen LogP) is 3.20. The topological polar surface area (TPSA) is 63.6 Å². The summed E-state index contributed by atoms with van der Waals surface area (Å²) in [5.74, 6) is -0.862. The average Bonchev–Trinajstić information content (AvgIpc) is 3.09. The number of esters is 1. The van der Waals surface area contributed by atoms with Crippen LogP contribution < -0.4 is 10.2 Å². The van der Waals surface area contributed by atoms with Crippen LogP contribution >= 0.6 is 0 Å². The summed E-state index contributed by atoms with van der Waals surface area (Å²) >= 11 is 0. The number of nitrogens with zero attached hydrogens (tertiary/aromatic N) is 2. The maximum Gasteiger partial charge on any atom is 0.355 e. The molecule has 2 aromatic rings. The highest BCUT2D eigenvalue weighted by Crippen LogP contribution is 2.22. The quantitative estimate of drug-likeness (QED) is 0.837. The Kier molecular flexibility index (Phi) is 5.61. The number of aromatic nitrogens is 1. The molecule has 138 valence electrons. The lowest BCUT2D eigenvalue weighted by Crippen LogP contribution is -2.30. The summed E-state index contributed by atoms with van der Waals surface area (Å²) in [5, 5.41) is 2.80. The van der Waals surface area contributed by atoms with Gasteiger partial charge in [-0.05, 0) is 62.6 Å². The Hall–Kier alpha value is -2.76. The third-order valence-corrected chi connectivity index (χ3v) is 4.66. The minimum absolute atomic E-state index is 0.349. The molecule has 1 aromatic carbocycles. The fraction of sp³-hybridized carbons (Fsp3) is 0.400. The maximum atomic E-state index is 12.3. The molecule has 0 saturated carbocycles. The van der Waals surface area contributed by atoms with Gasteiger partial charge in [0.1, 0.15) is 5.69 Å². The number of piperidine rings is 1. The van der Waals surface area contributed by atoms with Crippen LogP contribution in [0.3, 0.4) is 0 Å². The monoisotopic (exact) mass is 355 g/mol. The largest absolute Gasteiger partial charge is 0.448 e. The van der Waals surface area contributed by atoms with Gasteiger partial charge in [0.25, 0.3) is 5.91 Å². The van der Waals surface area contributed by atoms with Crippen LogP contribution in [-0.4, -0.2) is 35.6 Å². The summed E-state index contributed by atoms with van der Waals surface area (Å²) in [7, 11) is 1.76. The van der Waals surface area contributed by atoms with Crippen LogP contribution in [0.4, 0.5) is 11.4 Å². The number of benzene rings is 1. The van der Waals surface area contributed by atoms with Crippen molar-refractivity contribution in [3.05, 3.63) is 48.3 Å². The van der Waals surface area contributed by atoms with Gasteiger partial charge in [-0.25, -0.2) is 4.79 Å². The first kappa shape index (κ1) is 18.0. The molecule has 0 bridgehead atoms. The van der Waals surface area contributed by atoms with Crippen LogP contribution in [0.2, 0.25) is 0 Å². The summed E-state index contributed by atoms with van der Waals surface area (Å²) < 4.78 is 6.91. The van der Waals surface area contributed by atoms with Gasteiger partial charge >= 0.3 is 5.97 Å². The van der Waals surface area contributed by atoms with E-state index in [0.717, 1.165) is 13.1 Å². The van der Waals surface area contributed by atoms with Gasteiger partial charge in [0.2, 0.25) is 0 Å². The van der Waals surface area contributed by atoms with Gasteiger partial charge in [0.15, 0.2) is 6.10 Å². The summed E-state index contributed by atoms with van der Waals surface area (Å²) in [6.07, 6.45) is 4.62. The molecule has 0 aliphatic carbocycles. The third-order valence-electron chi connectivity index (χ3n) is 4.66. The van der Waals surface area contributed by atoms with Crippen molar-refractivity contribution < 1.29 is 14.3 Å². The SMILES string of the molecule is C[C@@H](OC(=O)c1cccn1C)C(=O)Nc1ccc(N2CCCCC2)cc1. The Bertz CT molecular complexity index is 761. The number of nitrogens with one attached hydrogen (secondary N) is 1. The lowest BCUT2D eigenvalue weighted by atomic mass is 10.1. The molecule has 1 fully saturated rings. The molecule has 1 amide bonds. The van der Waals surface area contributed by atoms with Crippen molar-refractivity contribution in [1.29, 1.82) is 0 Å². The van der Waals surface area contributed by atoms with E-state index in [-0.39, 0.29) is 5.91 Å². The fourth-order valence-electron chi connectivity index (χ4n) is 3.10. The van der Waals surface area contributed by atoms with Gasteiger partial charge in [-0.1, -0.05) is 0 Å². The number of anilines is 2. The second-order valence-corrected chi connectivity index (χ2v) is 6.64. The van der Waals surface area contributed by atoms with Crippen LogP contribution in [0.5, 0.6) is 0 Å². The Labute approximate surface area is 153 Å². The van der Waals surface area contributed by atoms with E-state index in [4.69, 9.17) is 4.74 Å². The maximum absolute atomic E-state index is 12.3. The summed E-state index contributed by atoms with van der Waals surface area (Å²) in [6, 6.07) is 11.2. The second kappa shape index (κ2) is 8.08. The number of aryl methyl sites for hydroxylation is 1. The highest BCUT2D eigenvalue weighted by molar-refractivity contribution is 5.97. The Morgan fingerprint density at radius 2 is 1.77 bits per heavy atom. The first-order valence-electron chi connectivity index (χ1n) is 9.03. The van der Waals surface area contributed by atoms with E-state index in [1.165, 1.54) is 24.9 Å². The first-order valence-corrected chi connectivity index (χ1v) is 9.03. The minimum Gasteiger partial charge on any atom is -0.448 e. The number of amides is 1. The lowest BCUT2D eigenvalue weighted by Gasteiger charge is -2.28. The van der Waals surface area contributed by atoms with Gasteiger partial charge < -0.3 is 19.5 Å². The van der Waals surface area contributed by atoms with Gasteiger partial charge in [-0.15, -0.1) is 0 Å². The molecule has 6 nitrogen and oxygen atoms in total. The minimum atomic E-state index is -0.876. The van der Waals surface area contributed by atoms with Crippen molar-refractivity contribution >= 4 is 23.3 Å². The fourth-order valence-corrected chi connectivity index (χ4v) is 3.10. The van der Waals surface area contributed by atoms with Gasteiger partial charge in [0, 0.05) is 37.7 Å². The molecule has 1 aromatic heterocycles. The zero-order valence-corrected chi connectivity index (χ0v) is 15.3. The molecule has 26 heavy (non-hydrogen) atoms. The highest BCUT2D eigenvalue weighted by Gasteiger charge is 2.20. The normalized spacial score (nSPS) is 15.4. The lowest BCUT2D eigenvalue weighted by molar-refractivity contribution is -0.123. The number of hydrogen-bond donors (Lipinski definition) is 1. The highest BCUT2D eigenvalue weighted by atomic mass is 16.5. The molecule has 1 N–H and O–H groups in total. The van der Waals surface area contributed by atoms with Crippen molar-refractivity contribution in [2.45, 2.75) is 32.3 Å². The van der Waals surface area contributed by atoms with Crippen LogP contribution in [0.15, 0.2) is 42.6 Å². The Morgan fingerprint density at radius 3 is 2.38 bits per heavy atom. The molecule has 6 heteroatoms. The van der Waals surface area contributed by atoms with Gasteiger partial charge in [-0.2, -0.15) is 0 Å². The van der Waals surface area contributed by atoms with Crippen LogP contribution in [0.1, 0.15) is 36.7 Å². The summed E-state index contributed by atoms with van der Waals surface area (Å²) in [4.78, 5) is 26.7. The molecule has 0 radical (unpaired) electrons. The summed E-state index contributed by atoms with van der Waals surface area (Å²) in [6.45, 7) is 3.73. The van der Waals surface area contributed by atoms with E-state index in [0.29, 0.717) is 11.4 Å². The smallest absolute Gasteiger partial charge is 0.355 e. The van der Waals surface area contributed by atoms with E-state index >= 15 is 0 Å². The zero-order chi connectivity index (χ0) is 18.5. The summed E-state index contributed by atoms with van der Waals surface area (Å²) in [5.41, 5.74) is 2.28. The van der Waals surface area contributed by atoms with Crippen molar-refractivity contribution in [3.63, 3.8) is 0 Å². The number of carbonyl (C=O) groups excluding carboxylic acids is 2. The number of ether oxygens (including phenoxy) is 1. The molecule has 1 saturated heterocycles. The van der Waals surface area contributed by atoms with Crippen molar-refractivity contribution in [3.8, 4) is 0 Å². The molecule has 1 atom stereocenters. The van der Waals surface area contributed by atoms with E-state index in [1.807, 2.05) is 24.3 Å². The molecular weight excluding hydrogens is 330 g/mol. The molecule has 0 unspecified atom stereocenters. The Balaban J connectivity index is 1.55. The van der Waals surface area contributed by atoms with Gasteiger partial charge in [-0.3, -0.25) is 4.79 Å². The number of rotatable bonds is 5. The van der Waals surface area contributed by atoms with E-state index in [1.54, 1.807) is 36.9 Å². The third kappa shape index (κ3) is 4.25. The first-order chi connectivity index (χ1) is 12.5. The van der Waals surface area contributed by atoms with Crippen LogP contribution in [0, 0.1) is 0 Å². The molecule has 0 spiro atoms. The molecule has 3 rings (SSSR count). The van der Waals surface area contributed by atoms with E-state index < -0.39 is 12.1 Å². The zero-order valence-electron chi connectivity index (χ0n) is 15.3. The van der Waals surface area contributed by atoms with Crippen LogP contribution in [-0.2, 0) is 16.6 Å². The molecule has 2 heterocycles. The standard InChI is InChI=1S/C20H25N3O3/c1-15(26-20(25)18-7-6-12-22(18)2)19(24)21-16-8-10-17(11-9-16)23-13-4-3-5-14-23/h6-12,15H,3-5,13-14H2,1-2H3,(H,21,24)/t15-/m1/s1. The average molecular weight is 355 g/mol.